The summed E-state index contributed by atoms with van der Waals surface area (Å²) in [5.74, 6) is 2.37. The number of nitrogens with one attached hydrogen (secondary N) is 1. The molecule has 0 amide bonds. The molecule has 0 aliphatic rings. The fourth-order valence-corrected chi connectivity index (χ4v) is 2.25. The largest absolute Gasteiger partial charge is 0.348 e. The lowest BCUT2D eigenvalue weighted by Gasteiger charge is -2.19. The Morgan fingerprint density at radius 2 is 1.68 bits per heavy atom. The molecule has 118 valence electrons. The second-order valence-corrected chi connectivity index (χ2v) is 6.09. The van der Waals surface area contributed by atoms with Gasteiger partial charge in [0.15, 0.2) is 0 Å². The van der Waals surface area contributed by atoms with Crippen LogP contribution < -0.4 is 10.2 Å². The SMILES string of the molecule is Cc1ccccc1C(C)Nc1nc(C(C)C)nc(N(C)C)n1. The number of nitrogens with zero attached hydrogens (tertiary/aromatic N) is 4. The van der Waals surface area contributed by atoms with Gasteiger partial charge in [0.25, 0.3) is 0 Å². The van der Waals surface area contributed by atoms with Crippen LogP contribution in [0.4, 0.5) is 11.9 Å². The maximum Gasteiger partial charge on any atom is 0.229 e. The zero-order valence-electron chi connectivity index (χ0n) is 14.3. The van der Waals surface area contributed by atoms with Crippen molar-refractivity contribution in [3.63, 3.8) is 0 Å². The molecule has 0 saturated heterocycles. The van der Waals surface area contributed by atoms with Gasteiger partial charge in [-0.05, 0) is 25.0 Å². The summed E-state index contributed by atoms with van der Waals surface area (Å²) in [6.07, 6.45) is 0. The molecule has 5 nitrogen and oxygen atoms in total. The monoisotopic (exact) mass is 299 g/mol. The molecule has 1 atom stereocenters. The van der Waals surface area contributed by atoms with Crippen LogP contribution in [-0.2, 0) is 0 Å². The van der Waals surface area contributed by atoms with Crippen molar-refractivity contribution in [2.75, 3.05) is 24.3 Å². The molecule has 1 unspecified atom stereocenters. The second kappa shape index (κ2) is 6.73. The zero-order valence-corrected chi connectivity index (χ0v) is 14.3. The van der Waals surface area contributed by atoms with E-state index in [9.17, 15) is 0 Å². The van der Waals surface area contributed by atoms with E-state index in [0.717, 1.165) is 5.82 Å². The van der Waals surface area contributed by atoms with Crippen LogP contribution in [0.25, 0.3) is 0 Å². The van der Waals surface area contributed by atoms with Gasteiger partial charge < -0.3 is 10.2 Å². The van der Waals surface area contributed by atoms with E-state index < -0.39 is 0 Å². The zero-order chi connectivity index (χ0) is 16.3. The first-order valence-corrected chi connectivity index (χ1v) is 7.64. The van der Waals surface area contributed by atoms with E-state index in [4.69, 9.17) is 0 Å². The Bertz CT molecular complexity index is 610. The van der Waals surface area contributed by atoms with Crippen LogP contribution >= 0.6 is 0 Å². The van der Waals surface area contributed by atoms with Crippen LogP contribution in [0.1, 0.15) is 49.7 Å². The van der Waals surface area contributed by atoms with Gasteiger partial charge in [0.2, 0.25) is 11.9 Å². The predicted molar refractivity (Wildman–Crippen MR) is 91.5 cm³/mol. The topological polar surface area (TPSA) is 53.9 Å². The molecule has 1 N–H and O–H groups in total. The van der Waals surface area contributed by atoms with Crippen molar-refractivity contribution in [2.45, 2.75) is 39.7 Å². The van der Waals surface area contributed by atoms with E-state index in [1.54, 1.807) is 0 Å². The smallest absolute Gasteiger partial charge is 0.229 e. The highest BCUT2D eigenvalue weighted by atomic mass is 15.3. The van der Waals surface area contributed by atoms with Crippen LogP contribution in [0.2, 0.25) is 0 Å². The molecule has 22 heavy (non-hydrogen) atoms. The minimum Gasteiger partial charge on any atom is -0.348 e. The highest BCUT2D eigenvalue weighted by Crippen LogP contribution is 2.22. The highest BCUT2D eigenvalue weighted by Gasteiger charge is 2.14. The van der Waals surface area contributed by atoms with Crippen LogP contribution in [0.5, 0.6) is 0 Å². The Balaban J connectivity index is 2.30. The normalized spacial score (nSPS) is 12.3. The molecule has 0 bridgehead atoms. The molecule has 5 heteroatoms. The predicted octanol–water partition coefficient (Wildman–Crippen LogP) is 3.54. The van der Waals surface area contributed by atoms with Crippen molar-refractivity contribution in [3.8, 4) is 0 Å². The summed E-state index contributed by atoms with van der Waals surface area (Å²) in [4.78, 5) is 15.4. The van der Waals surface area contributed by atoms with Gasteiger partial charge in [-0.2, -0.15) is 15.0 Å². The molecule has 0 radical (unpaired) electrons. The molecule has 2 aromatic rings. The molecular formula is C17H25N5. The Morgan fingerprint density at radius 1 is 1.00 bits per heavy atom. The number of benzene rings is 1. The standard InChI is InChI=1S/C17H25N5/c1-11(2)15-19-16(21-17(20-15)22(5)6)18-13(4)14-10-8-7-9-12(14)3/h7-11,13H,1-6H3,(H,18,19,20,21). The Labute approximate surface area is 132 Å². The third-order valence-corrected chi connectivity index (χ3v) is 3.56. The number of hydrogen-bond donors (Lipinski definition) is 1. The van der Waals surface area contributed by atoms with Gasteiger partial charge in [0.05, 0.1) is 6.04 Å². The van der Waals surface area contributed by atoms with Gasteiger partial charge in [-0.15, -0.1) is 0 Å². The summed E-state index contributed by atoms with van der Waals surface area (Å²) in [5.41, 5.74) is 2.51. The average Bonchev–Trinajstić information content (AvgIpc) is 2.47. The van der Waals surface area contributed by atoms with Gasteiger partial charge in [-0.25, -0.2) is 0 Å². The van der Waals surface area contributed by atoms with Gasteiger partial charge in [-0.1, -0.05) is 38.1 Å². The van der Waals surface area contributed by atoms with E-state index in [1.807, 2.05) is 19.0 Å². The molecule has 2 rings (SSSR count). The molecular weight excluding hydrogens is 274 g/mol. The molecule has 0 aliphatic heterocycles. The van der Waals surface area contributed by atoms with E-state index in [0.29, 0.717) is 11.9 Å². The van der Waals surface area contributed by atoms with Crippen molar-refractivity contribution in [3.05, 3.63) is 41.2 Å². The highest BCUT2D eigenvalue weighted by molar-refractivity contribution is 5.40. The number of hydrogen-bond acceptors (Lipinski definition) is 5. The first kappa shape index (κ1) is 16.2. The molecule has 0 aliphatic carbocycles. The summed E-state index contributed by atoms with van der Waals surface area (Å²) in [6, 6.07) is 8.49. The lowest BCUT2D eigenvalue weighted by molar-refractivity contribution is 0.745. The second-order valence-electron chi connectivity index (χ2n) is 6.09. The number of aryl methyl sites for hydroxylation is 1. The molecule has 0 spiro atoms. The Morgan fingerprint density at radius 3 is 2.27 bits per heavy atom. The van der Waals surface area contributed by atoms with E-state index in [-0.39, 0.29) is 12.0 Å². The molecule has 1 aromatic carbocycles. The van der Waals surface area contributed by atoms with Crippen LogP contribution in [0.15, 0.2) is 24.3 Å². The minimum atomic E-state index is 0.138. The Kier molecular flexibility index (Phi) is 4.96. The fourth-order valence-electron chi connectivity index (χ4n) is 2.25. The molecule has 1 heterocycles. The molecule has 1 aromatic heterocycles. The van der Waals surface area contributed by atoms with Crippen molar-refractivity contribution >= 4 is 11.9 Å². The first-order valence-electron chi connectivity index (χ1n) is 7.64. The summed E-state index contributed by atoms with van der Waals surface area (Å²) in [7, 11) is 3.88. The lowest BCUT2D eigenvalue weighted by atomic mass is 10.0. The third-order valence-electron chi connectivity index (χ3n) is 3.56. The first-order chi connectivity index (χ1) is 10.4. The van der Waals surface area contributed by atoms with E-state index >= 15 is 0 Å². The van der Waals surface area contributed by atoms with Gasteiger partial charge >= 0.3 is 0 Å². The van der Waals surface area contributed by atoms with Crippen LogP contribution in [-0.4, -0.2) is 29.0 Å². The van der Waals surface area contributed by atoms with Crippen molar-refractivity contribution in [1.82, 2.24) is 15.0 Å². The maximum atomic E-state index is 4.55. The lowest BCUT2D eigenvalue weighted by Crippen LogP contribution is -2.18. The summed E-state index contributed by atoms with van der Waals surface area (Å²) in [5, 5.41) is 3.40. The number of aromatic nitrogens is 3. The molecule has 0 fully saturated rings. The van der Waals surface area contributed by atoms with Gasteiger partial charge in [0, 0.05) is 20.0 Å². The summed E-state index contributed by atoms with van der Waals surface area (Å²) >= 11 is 0. The maximum absolute atomic E-state index is 4.55. The van der Waals surface area contributed by atoms with E-state index in [2.05, 4.69) is 72.2 Å². The number of anilines is 2. The third kappa shape index (κ3) is 3.72. The average molecular weight is 299 g/mol. The van der Waals surface area contributed by atoms with Crippen LogP contribution in [0.3, 0.4) is 0 Å². The van der Waals surface area contributed by atoms with Crippen molar-refractivity contribution in [1.29, 1.82) is 0 Å². The van der Waals surface area contributed by atoms with E-state index in [1.165, 1.54) is 11.1 Å². The Hall–Kier alpha value is -2.17. The van der Waals surface area contributed by atoms with Gasteiger partial charge in [0.1, 0.15) is 5.82 Å². The fraction of sp³-hybridized carbons (Fsp3) is 0.471. The molecule has 0 saturated carbocycles. The summed E-state index contributed by atoms with van der Waals surface area (Å²) < 4.78 is 0. The van der Waals surface area contributed by atoms with Gasteiger partial charge in [-0.3, -0.25) is 0 Å². The quantitative estimate of drug-likeness (QED) is 0.915. The van der Waals surface area contributed by atoms with Crippen molar-refractivity contribution < 1.29 is 0 Å². The van der Waals surface area contributed by atoms with Crippen molar-refractivity contribution in [2.24, 2.45) is 0 Å². The minimum absolute atomic E-state index is 0.138. The van der Waals surface area contributed by atoms with Crippen LogP contribution in [0, 0.1) is 6.92 Å². The number of rotatable bonds is 5. The summed E-state index contributed by atoms with van der Waals surface area (Å²) in [6.45, 7) is 8.41.